The van der Waals surface area contributed by atoms with Gasteiger partial charge >= 0.3 is 0 Å². The highest BCUT2D eigenvalue weighted by Gasteiger charge is 2.39. The number of hydrogen-bond donors (Lipinski definition) is 4. The zero-order valence-corrected chi connectivity index (χ0v) is 29.8. The summed E-state index contributed by atoms with van der Waals surface area (Å²) in [5.41, 5.74) is 8.36. The maximum Gasteiger partial charge on any atom is 0.251 e. The van der Waals surface area contributed by atoms with E-state index in [0.717, 1.165) is 32.1 Å². The molecule has 2 aliphatic heterocycles. The topological polar surface area (TPSA) is 138 Å². The summed E-state index contributed by atoms with van der Waals surface area (Å²) < 4.78 is 5.99. The number of nitrogens with two attached hydrogens (primary N) is 1. The first-order valence-electron chi connectivity index (χ1n) is 16.4. The average molecular weight is 660 g/mol. The molecular formula is C37H50ClN7O2. The van der Waals surface area contributed by atoms with Crippen LogP contribution in [0.2, 0.25) is 5.02 Å². The summed E-state index contributed by atoms with van der Waals surface area (Å²) in [4.78, 5) is 21.1. The van der Waals surface area contributed by atoms with Crippen molar-refractivity contribution in [3.05, 3.63) is 71.1 Å². The highest BCUT2D eigenvalue weighted by Crippen LogP contribution is 2.36. The summed E-state index contributed by atoms with van der Waals surface area (Å²) in [5.74, 6) is 0.519. The molecule has 1 aromatic heterocycles. The molecule has 3 aromatic rings. The normalized spacial score (nSPS) is 23.0. The number of nitrogens with one attached hydrogen (secondary N) is 3. The van der Waals surface area contributed by atoms with Crippen LogP contribution in [-0.2, 0) is 0 Å². The van der Waals surface area contributed by atoms with Crippen LogP contribution in [0.5, 0.6) is 11.5 Å². The second-order valence-electron chi connectivity index (χ2n) is 15.2. The minimum atomic E-state index is -0.180. The van der Waals surface area contributed by atoms with Crippen LogP contribution in [0.4, 0.5) is 0 Å². The number of benzene rings is 2. The minimum absolute atomic E-state index is 0.0474. The first-order valence-corrected chi connectivity index (χ1v) is 16.7. The largest absolute Gasteiger partial charge is 0.454 e. The number of carbonyl (C=O) groups is 1. The summed E-state index contributed by atoms with van der Waals surface area (Å²) in [6.07, 6.45) is 8.05. The lowest BCUT2D eigenvalue weighted by Gasteiger charge is -2.47. The van der Waals surface area contributed by atoms with E-state index in [0.29, 0.717) is 39.9 Å². The Hall–Kier alpha value is -3.55. The van der Waals surface area contributed by atoms with Gasteiger partial charge in [0.25, 0.3) is 5.91 Å². The van der Waals surface area contributed by atoms with Gasteiger partial charge in [0.05, 0.1) is 10.7 Å². The third-order valence-corrected chi connectivity index (χ3v) is 9.14. The van der Waals surface area contributed by atoms with E-state index in [1.807, 2.05) is 0 Å². The van der Waals surface area contributed by atoms with E-state index in [9.17, 15) is 10.1 Å². The second-order valence-corrected chi connectivity index (χ2v) is 15.6. The molecule has 252 valence electrons. The van der Waals surface area contributed by atoms with Crippen molar-refractivity contribution in [1.82, 2.24) is 25.9 Å². The third-order valence-electron chi connectivity index (χ3n) is 8.84. The maximum absolute atomic E-state index is 13.0. The molecule has 3 heterocycles. The average Bonchev–Trinajstić information content (AvgIpc) is 2.96. The number of piperidine rings is 2. The Labute approximate surface area is 285 Å². The second kappa shape index (κ2) is 14.3. The lowest BCUT2D eigenvalue weighted by Crippen LogP contribution is -2.62. The Morgan fingerprint density at radius 2 is 1.68 bits per heavy atom. The van der Waals surface area contributed by atoms with Crippen molar-refractivity contribution in [3.63, 3.8) is 0 Å². The van der Waals surface area contributed by atoms with Gasteiger partial charge in [-0.3, -0.25) is 4.79 Å². The monoisotopic (exact) mass is 659 g/mol. The predicted octanol–water partition coefficient (Wildman–Crippen LogP) is 7.14. The Morgan fingerprint density at radius 3 is 2.26 bits per heavy atom. The zero-order chi connectivity index (χ0) is 34.6. The molecule has 0 saturated carbocycles. The SMILES string of the molecule is CC1(C)CC(NC(=O)c2ccc(Oc3cccc(-c4ccncn4)c3C#N)c(Cl)c2)CC(C)(C)N1.CCC1(C)CC(N)CC(C)(C)N1. The Morgan fingerprint density at radius 1 is 1.00 bits per heavy atom. The molecule has 2 aliphatic rings. The number of hydrogen-bond acceptors (Lipinski definition) is 8. The molecule has 2 fully saturated rings. The van der Waals surface area contributed by atoms with E-state index < -0.39 is 0 Å². The molecule has 0 spiro atoms. The van der Waals surface area contributed by atoms with E-state index in [-0.39, 0.29) is 39.1 Å². The molecule has 5 N–H and O–H groups in total. The Balaban J connectivity index is 0.000000351. The van der Waals surface area contributed by atoms with Crippen LogP contribution in [0, 0.1) is 11.3 Å². The summed E-state index contributed by atoms with van der Waals surface area (Å²) in [5, 5.41) is 20.5. The van der Waals surface area contributed by atoms with Crippen molar-refractivity contribution >= 4 is 17.5 Å². The smallest absolute Gasteiger partial charge is 0.251 e. The first-order chi connectivity index (χ1) is 21.9. The Kier molecular flexibility index (Phi) is 11.0. The van der Waals surface area contributed by atoms with Gasteiger partial charge < -0.3 is 26.4 Å². The number of nitriles is 1. The van der Waals surface area contributed by atoms with Gasteiger partial charge in [-0.1, -0.05) is 30.7 Å². The summed E-state index contributed by atoms with van der Waals surface area (Å²) in [6.45, 7) is 17.5. The maximum atomic E-state index is 13.0. The number of ether oxygens (including phenoxy) is 1. The number of nitrogens with zero attached hydrogens (tertiary/aromatic N) is 3. The van der Waals surface area contributed by atoms with Gasteiger partial charge in [0, 0.05) is 51.6 Å². The van der Waals surface area contributed by atoms with Gasteiger partial charge in [-0.15, -0.1) is 0 Å². The summed E-state index contributed by atoms with van der Waals surface area (Å²) in [7, 11) is 0. The van der Waals surface area contributed by atoms with Gasteiger partial charge in [-0.05, 0) is 111 Å². The highest BCUT2D eigenvalue weighted by atomic mass is 35.5. The number of rotatable bonds is 6. The van der Waals surface area contributed by atoms with Crippen LogP contribution in [0.3, 0.4) is 0 Å². The van der Waals surface area contributed by atoms with Crippen molar-refractivity contribution < 1.29 is 9.53 Å². The lowest BCUT2D eigenvalue weighted by atomic mass is 9.78. The summed E-state index contributed by atoms with van der Waals surface area (Å²) >= 11 is 6.49. The van der Waals surface area contributed by atoms with Crippen molar-refractivity contribution in [2.24, 2.45) is 5.73 Å². The van der Waals surface area contributed by atoms with E-state index in [1.54, 1.807) is 48.7 Å². The van der Waals surface area contributed by atoms with Crippen molar-refractivity contribution in [3.8, 4) is 28.8 Å². The molecule has 10 heteroatoms. The quantitative estimate of drug-likeness (QED) is 0.219. The van der Waals surface area contributed by atoms with Crippen LogP contribution in [0.15, 0.2) is 55.0 Å². The first kappa shape index (κ1) is 36.3. The molecule has 0 aliphatic carbocycles. The third kappa shape index (κ3) is 9.74. The van der Waals surface area contributed by atoms with Crippen molar-refractivity contribution in [2.75, 3.05) is 0 Å². The molecule has 47 heavy (non-hydrogen) atoms. The number of amides is 1. The fraction of sp³-hybridized carbons (Fsp3) is 0.514. The van der Waals surface area contributed by atoms with E-state index in [2.05, 4.69) is 87.4 Å². The molecule has 2 saturated heterocycles. The van der Waals surface area contributed by atoms with Gasteiger partial charge in [0.1, 0.15) is 29.5 Å². The van der Waals surface area contributed by atoms with E-state index >= 15 is 0 Å². The molecule has 9 nitrogen and oxygen atoms in total. The minimum Gasteiger partial charge on any atom is -0.454 e. The van der Waals surface area contributed by atoms with Crippen LogP contribution in [-0.4, -0.2) is 50.1 Å². The number of halogens is 1. The lowest BCUT2D eigenvalue weighted by molar-refractivity contribution is 0.0873. The fourth-order valence-corrected chi connectivity index (χ4v) is 7.61. The van der Waals surface area contributed by atoms with Gasteiger partial charge in [-0.2, -0.15) is 5.26 Å². The van der Waals surface area contributed by atoms with Crippen LogP contribution in [0.25, 0.3) is 11.3 Å². The highest BCUT2D eigenvalue weighted by molar-refractivity contribution is 6.32. The molecule has 2 unspecified atom stereocenters. The van der Waals surface area contributed by atoms with E-state index in [4.69, 9.17) is 22.1 Å². The summed E-state index contributed by atoms with van der Waals surface area (Å²) in [6, 6.07) is 14.5. The zero-order valence-electron chi connectivity index (χ0n) is 29.0. The molecule has 1 amide bonds. The molecular weight excluding hydrogens is 610 g/mol. The van der Waals surface area contributed by atoms with Crippen molar-refractivity contribution in [2.45, 2.75) is 122 Å². The number of carbonyl (C=O) groups excluding carboxylic acids is 1. The fourth-order valence-electron chi connectivity index (χ4n) is 7.39. The molecule has 0 bridgehead atoms. The van der Waals surface area contributed by atoms with Crippen LogP contribution < -0.4 is 26.4 Å². The van der Waals surface area contributed by atoms with Gasteiger partial charge in [0.2, 0.25) is 0 Å². The molecule has 0 radical (unpaired) electrons. The molecule has 5 rings (SSSR count). The Bertz CT molecular complexity index is 1590. The molecule has 2 aromatic carbocycles. The standard InChI is InChI=1S/C27H28ClN5O2.C10H22N2/c1-26(2)13-18(14-27(3,4)33-26)32-25(34)17-8-9-24(21(28)12-17)35-23-7-5-6-19(20(23)15-29)22-10-11-30-16-31-22;1-5-10(4)7-8(11)6-9(2,3)12-10/h5-12,16,18,33H,13-14H2,1-4H3,(H,32,34);8,12H,5-7,11H2,1-4H3. The van der Waals surface area contributed by atoms with Crippen molar-refractivity contribution in [1.29, 1.82) is 5.26 Å². The number of aromatic nitrogens is 2. The van der Waals surface area contributed by atoms with Gasteiger partial charge in [-0.25, -0.2) is 9.97 Å². The van der Waals surface area contributed by atoms with Crippen LogP contribution >= 0.6 is 11.6 Å². The van der Waals surface area contributed by atoms with E-state index in [1.165, 1.54) is 6.33 Å². The van der Waals surface area contributed by atoms with Gasteiger partial charge in [0.15, 0.2) is 0 Å². The van der Waals surface area contributed by atoms with Crippen LogP contribution in [0.1, 0.15) is 103 Å². The molecule has 2 atom stereocenters. The predicted molar refractivity (Wildman–Crippen MR) is 189 cm³/mol.